The van der Waals surface area contributed by atoms with Gasteiger partial charge in [0.15, 0.2) is 0 Å². The zero-order valence-corrected chi connectivity index (χ0v) is 13.3. The summed E-state index contributed by atoms with van der Waals surface area (Å²) in [7, 11) is 0. The molecule has 122 valence electrons. The Hall–Kier alpha value is -1.98. The van der Waals surface area contributed by atoms with Gasteiger partial charge in [-0.05, 0) is 38.0 Å². The standard InChI is InChI=1S/C17H22N4O2/c22-15-4-6-17(21(15)11-13-2-3-13)5-1-9-20(12-17)16(23)14-10-18-7-8-19-14/h7-8,10,13H,1-6,9,11-12H2. The molecule has 1 aromatic heterocycles. The summed E-state index contributed by atoms with van der Waals surface area (Å²) < 4.78 is 0. The maximum absolute atomic E-state index is 12.7. The Morgan fingerprint density at radius 2 is 2.17 bits per heavy atom. The van der Waals surface area contributed by atoms with E-state index in [0.717, 1.165) is 32.4 Å². The fraction of sp³-hybridized carbons (Fsp3) is 0.647. The third kappa shape index (κ3) is 2.71. The minimum Gasteiger partial charge on any atom is -0.335 e. The van der Waals surface area contributed by atoms with Crippen molar-refractivity contribution in [2.45, 2.75) is 44.1 Å². The molecule has 0 aromatic carbocycles. The number of hydrogen-bond acceptors (Lipinski definition) is 4. The predicted molar refractivity (Wildman–Crippen MR) is 83.6 cm³/mol. The van der Waals surface area contributed by atoms with Gasteiger partial charge >= 0.3 is 0 Å². The second-order valence-corrected chi connectivity index (χ2v) is 7.09. The minimum absolute atomic E-state index is 0.0668. The maximum atomic E-state index is 12.7. The molecule has 23 heavy (non-hydrogen) atoms. The van der Waals surface area contributed by atoms with E-state index in [9.17, 15) is 9.59 Å². The predicted octanol–water partition coefficient (Wildman–Crippen LogP) is 1.48. The second-order valence-electron chi connectivity index (χ2n) is 7.09. The highest BCUT2D eigenvalue weighted by Gasteiger charge is 2.49. The second kappa shape index (κ2) is 5.58. The number of nitrogens with zero attached hydrogens (tertiary/aromatic N) is 4. The third-order valence-corrected chi connectivity index (χ3v) is 5.44. The Labute approximate surface area is 135 Å². The van der Waals surface area contributed by atoms with Crippen LogP contribution in [0.25, 0.3) is 0 Å². The molecule has 0 bridgehead atoms. The molecule has 3 fully saturated rings. The summed E-state index contributed by atoms with van der Waals surface area (Å²) >= 11 is 0. The van der Waals surface area contributed by atoms with Gasteiger partial charge in [-0.1, -0.05) is 0 Å². The van der Waals surface area contributed by atoms with Gasteiger partial charge in [0.25, 0.3) is 5.91 Å². The highest BCUT2D eigenvalue weighted by Crippen LogP contribution is 2.41. The van der Waals surface area contributed by atoms with Crippen molar-refractivity contribution in [1.29, 1.82) is 0 Å². The van der Waals surface area contributed by atoms with Crippen molar-refractivity contribution in [3.63, 3.8) is 0 Å². The van der Waals surface area contributed by atoms with Crippen molar-refractivity contribution in [2.24, 2.45) is 5.92 Å². The lowest BCUT2D eigenvalue weighted by molar-refractivity contribution is -0.132. The molecule has 2 saturated heterocycles. The van der Waals surface area contributed by atoms with E-state index < -0.39 is 0 Å². The molecule has 1 spiro atoms. The molecule has 2 aliphatic heterocycles. The SMILES string of the molecule is O=C(c1cnccn1)N1CCCC2(CCC(=O)N2CC2CC2)C1. The van der Waals surface area contributed by atoms with Gasteiger partial charge in [-0.2, -0.15) is 0 Å². The molecule has 0 N–H and O–H groups in total. The highest BCUT2D eigenvalue weighted by atomic mass is 16.2. The molecule has 6 nitrogen and oxygen atoms in total. The molecule has 1 saturated carbocycles. The van der Waals surface area contributed by atoms with Crippen molar-refractivity contribution >= 4 is 11.8 Å². The number of carbonyl (C=O) groups is 2. The number of likely N-dealkylation sites (tertiary alicyclic amines) is 2. The summed E-state index contributed by atoms with van der Waals surface area (Å²) in [6, 6.07) is 0. The van der Waals surface area contributed by atoms with Crippen molar-refractivity contribution < 1.29 is 9.59 Å². The molecule has 1 atom stereocenters. The quantitative estimate of drug-likeness (QED) is 0.847. The van der Waals surface area contributed by atoms with E-state index in [1.165, 1.54) is 19.0 Å². The summed E-state index contributed by atoms with van der Waals surface area (Å²) in [5.41, 5.74) is 0.248. The van der Waals surface area contributed by atoms with Crippen LogP contribution in [0.3, 0.4) is 0 Å². The van der Waals surface area contributed by atoms with E-state index in [1.54, 1.807) is 12.4 Å². The van der Waals surface area contributed by atoms with Crippen LogP contribution in [0.1, 0.15) is 49.0 Å². The van der Waals surface area contributed by atoms with E-state index in [4.69, 9.17) is 0 Å². The first-order chi connectivity index (χ1) is 11.2. The normalized spacial score (nSPS) is 27.7. The zero-order valence-electron chi connectivity index (χ0n) is 13.3. The van der Waals surface area contributed by atoms with Crippen LogP contribution in [0.4, 0.5) is 0 Å². The monoisotopic (exact) mass is 314 g/mol. The van der Waals surface area contributed by atoms with Gasteiger partial charge in [-0.3, -0.25) is 14.6 Å². The van der Waals surface area contributed by atoms with E-state index in [1.807, 2.05) is 4.90 Å². The van der Waals surface area contributed by atoms with Crippen molar-refractivity contribution in [3.05, 3.63) is 24.3 Å². The van der Waals surface area contributed by atoms with Crippen LogP contribution >= 0.6 is 0 Å². The molecule has 3 heterocycles. The van der Waals surface area contributed by atoms with Gasteiger partial charge in [0.1, 0.15) is 5.69 Å². The number of piperidine rings is 1. The van der Waals surface area contributed by atoms with Crippen molar-refractivity contribution in [2.75, 3.05) is 19.6 Å². The highest BCUT2D eigenvalue weighted by molar-refractivity contribution is 5.92. The molecule has 0 radical (unpaired) electrons. The van der Waals surface area contributed by atoms with Crippen LogP contribution < -0.4 is 0 Å². The summed E-state index contributed by atoms with van der Waals surface area (Å²) in [6.45, 7) is 2.26. The number of hydrogen-bond donors (Lipinski definition) is 0. The molecule has 3 aliphatic rings. The largest absolute Gasteiger partial charge is 0.335 e. The summed E-state index contributed by atoms with van der Waals surface area (Å²) in [4.78, 5) is 37.1. The molecule has 2 amide bonds. The fourth-order valence-electron chi connectivity index (χ4n) is 4.01. The van der Waals surface area contributed by atoms with Crippen molar-refractivity contribution in [1.82, 2.24) is 19.8 Å². The Kier molecular flexibility index (Phi) is 3.54. The molecular formula is C17H22N4O2. The Morgan fingerprint density at radius 1 is 1.30 bits per heavy atom. The summed E-state index contributed by atoms with van der Waals surface area (Å²) in [5.74, 6) is 0.883. The average Bonchev–Trinajstić information content (AvgIpc) is 3.37. The number of rotatable bonds is 3. The average molecular weight is 314 g/mol. The van der Waals surface area contributed by atoms with E-state index in [0.29, 0.717) is 24.6 Å². The molecule has 1 aromatic rings. The lowest BCUT2D eigenvalue weighted by Crippen LogP contribution is -2.58. The summed E-state index contributed by atoms with van der Waals surface area (Å²) in [5, 5.41) is 0. The topological polar surface area (TPSA) is 66.4 Å². The maximum Gasteiger partial charge on any atom is 0.274 e. The molecule has 1 aliphatic carbocycles. The number of aromatic nitrogens is 2. The van der Waals surface area contributed by atoms with Gasteiger partial charge in [-0.15, -0.1) is 0 Å². The van der Waals surface area contributed by atoms with E-state index in [-0.39, 0.29) is 17.4 Å². The third-order valence-electron chi connectivity index (χ3n) is 5.44. The lowest BCUT2D eigenvalue weighted by atomic mass is 9.86. The fourth-order valence-corrected chi connectivity index (χ4v) is 4.01. The van der Waals surface area contributed by atoms with Crippen LogP contribution in [0, 0.1) is 5.92 Å². The molecule has 6 heteroatoms. The van der Waals surface area contributed by atoms with Crippen LogP contribution in [-0.2, 0) is 4.79 Å². The van der Waals surface area contributed by atoms with Gasteiger partial charge in [-0.25, -0.2) is 4.98 Å². The lowest BCUT2D eigenvalue weighted by Gasteiger charge is -2.46. The van der Waals surface area contributed by atoms with Gasteiger partial charge in [0.2, 0.25) is 5.91 Å². The Morgan fingerprint density at radius 3 is 2.91 bits per heavy atom. The van der Waals surface area contributed by atoms with Crippen LogP contribution in [0.2, 0.25) is 0 Å². The van der Waals surface area contributed by atoms with Gasteiger partial charge in [0, 0.05) is 38.4 Å². The van der Waals surface area contributed by atoms with Crippen LogP contribution in [-0.4, -0.2) is 56.8 Å². The molecule has 1 unspecified atom stereocenters. The minimum atomic E-state index is -0.143. The Balaban J connectivity index is 1.53. The van der Waals surface area contributed by atoms with Gasteiger partial charge < -0.3 is 9.80 Å². The first kappa shape index (κ1) is 14.6. The van der Waals surface area contributed by atoms with E-state index >= 15 is 0 Å². The van der Waals surface area contributed by atoms with Crippen LogP contribution in [0.5, 0.6) is 0 Å². The Bertz CT molecular complexity index is 616. The van der Waals surface area contributed by atoms with Crippen LogP contribution in [0.15, 0.2) is 18.6 Å². The number of amides is 2. The number of carbonyl (C=O) groups excluding carboxylic acids is 2. The first-order valence-electron chi connectivity index (χ1n) is 8.54. The van der Waals surface area contributed by atoms with E-state index in [2.05, 4.69) is 14.9 Å². The van der Waals surface area contributed by atoms with Crippen molar-refractivity contribution in [3.8, 4) is 0 Å². The molecule has 4 rings (SSSR count). The molecular weight excluding hydrogens is 292 g/mol. The smallest absolute Gasteiger partial charge is 0.274 e. The first-order valence-corrected chi connectivity index (χ1v) is 8.54. The zero-order chi connectivity index (χ0) is 15.9. The van der Waals surface area contributed by atoms with Gasteiger partial charge in [0.05, 0.1) is 11.7 Å². The summed E-state index contributed by atoms with van der Waals surface area (Å²) in [6.07, 6.45) is 10.6.